The molecule has 1 amide bonds. The number of amides is 1. The van der Waals surface area contributed by atoms with Crippen molar-refractivity contribution in [3.8, 4) is 0 Å². The van der Waals surface area contributed by atoms with Crippen molar-refractivity contribution >= 4 is 16.9 Å². The molecular weight excluding hydrogens is 282 g/mol. The number of hydrogen-bond acceptors (Lipinski definition) is 4. The summed E-state index contributed by atoms with van der Waals surface area (Å²) < 4.78 is 10.8. The molecule has 1 atom stereocenters. The van der Waals surface area contributed by atoms with Crippen molar-refractivity contribution in [2.45, 2.75) is 25.4 Å². The van der Waals surface area contributed by atoms with Crippen LogP contribution in [0.15, 0.2) is 34.7 Å². The second-order valence-electron chi connectivity index (χ2n) is 5.71. The fraction of sp³-hybridized carbons (Fsp3) is 0.471. The standard InChI is InChI=1S/C17H21NO4/c19-14(12-6-9-21-10-7-12)5-8-18-17(20)16-11-13-3-1-2-4-15(13)22-16/h1-4,11-12,14,19H,5-10H2,(H,18,20)/t14-/m1/s1. The van der Waals surface area contributed by atoms with Gasteiger partial charge in [-0.15, -0.1) is 0 Å². The topological polar surface area (TPSA) is 71.7 Å². The lowest BCUT2D eigenvalue weighted by molar-refractivity contribution is 0.00525. The van der Waals surface area contributed by atoms with Crippen molar-refractivity contribution in [3.05, 3.63) is 36.1 Å². The van der Waals surface area contributed by atoms with E-state index in [1.54, 1.807) is 6.07 Å². The van der Waals surface area contributed by atoms with Gasteiger partial charge in [-0.25, -0.2) is 0 Å². The van der Waals surface area contributed by atoms with Crippen molar-refractivity contribution in [1.82, 2.24) is 5.32 Å². The number of ether oxygens (including phenoxy) is 1. The van der Waals surface area contributed by atoms with Gasteiger partial charge in [0, 0.05) is 25.1 Å². The average Bonchev–Trinajstić information content (AvgIpc) is 2.99. The Morgan fingerprint density at radius 2 is 2.09 bits per heavy atom. The maximum absolute atomic E-state index is 12.1. The number of rotatable bonds is 5. The van der Waals surface area contributed by atoms with Gasteiger partial charge in [-0.1, -0.05) is 18.2 Å². The Bertz CT molecular complexity index is 597. The van der Waals surface area contributed by atoms with Gasteiger partial charge < -0.3 is 19.6 Å². The molecule has 0 spiro atoms. The number of nitrogens with one attached hydrogen (secondary N) is 1. The summed E-state index contributed by atoms with van der Waals surface area (Å²) in [6.07, 6.45) is 1.94. The van der Waals surface area contributed by atoms with Crippen molar-refractivity contribution in [1.29, 1.82) is 0 Å². The third-order valence-electron chi connectivity index (χ3n) is 4.19. The van der Waals surface area contributed by atoms with E-state index in [1.165, 1.54) is 0 Å². The van der Waals surface area contributed by atoms with Gasteiger partial charge in [-0.05, 0) is 37.3 Å². The Balaban J connectivity index is 1.49. The van der Waals surface area contributed by atoms with Gasteiger partial charge in [0.1, 0.15) is 5.58 Å². The van der Waals surface area contributed by atoms with Gasteiger partial charge in [-0.3, -0.25) is 4.79 Å². The lowest BCUT2D eigenvalue weighted by atomic mass is 9.92. The molecule has 3 rings (SSSR count). The first kappa shape index (κ1) is 15.1. The third-order valence-corrected chi connectivity index (χ3v) is 4.19. The summed E-state index contributed by atoms with van der Waals surface area (Å²) in [7, 11) is 0. The Morgan fingerprint density at radius 1 is 1.32 bits per heavy atom. The van der Waals surface area contributed by atoms with E-state index in [0.29, 0.717) is 37.5 Å². The molecule has 1 fully saturated rings. The van der Waals surface area contributed by atoms with E-state index < -0.39 is 0 Å². The molecule has 5 heteroatoms. The maximum Gasteiger partial charge on any atom is 0.287 e. The number of furan rings is 1. The highest BCUT2D eigenvalue weighted by molar-refractivity contribution is 5.95. The van der Waals surface area contributed by atoms with Crippen molar-refractivity contribution < 1.29 is 19.1 Å². The zero-order valence-corrected chi connectivity index (χ0v) is 12.5. The van der Waals surface area contributed by atoms with Crippen LogP contribution in [0.3, 0.4) is 0 Å². The molecule has 2 heterocycles. The van der Waals surface area contributed by atoms with E-state index in [4.69, 9.17) is 9.15 Å². The van der Waals surface area contributed by atoms with Crippen molar-refractivity contribution in [2.75, 3.05) is 19.8 Å². The van der Waals surface area contributed by atoms with Gasteiger partial charge in [0.15, 0.2) is 5.76 Å². The summed E-state index contributed by atoms with van der Waals surface area (Å²) in [5, 5.41) is 13.9. The zero-order chi connectivity index (χ0) is 15.4. The predicted molar refractivity (Wildman–Crippen MR) is 82.7 cm³/mol. The lowest BCUT2D eigenvalue weighted by Gasteiger charge is -2.26. The fourth-order valence-corrected chi connectivity index (χ4v) is 2.85. The van der Waals surface area contributed by atoms with Gasteiger partial charge in [0.05, 0.1) is 6.10 Å². The quantitative estimate of drug-likeness (QED) is 0.889. The number of hydrogen-bond donors (Lipinski definition) is 2. The van der Waals surface area contributed by atoms with Gasteiger partial charge in [0.2, 0.25) is 0 Å². The van der Waals surface area contributed by atoms with E-state index in [0.717, 1.165) is 18.2 Å². The van der Waals surface area contributed by atoms with Crippen molar-refractivity contribution in [2.24, 2.45) is 5.92 Å². The Morgan fingerprint density at radius 3 is 2.86 bits per heavy atom. The molecule has 0 saturated carbocycles. The van der Waals surface area contributed by atoms with Crippen LogP contribution in [-0.4, -0.2) is 36.9 Å². The van der Waals surface area contributed by atoms with E-state index in [2.05, 4.69) is 5.32 Å². The van der Waals surface area contributed by atoms with E-state index in [-0.39, 0.29) is 17.9 Å². The lowest BCUT2D eigenvalue weighted by Crippen LogP contribution is -2.32. The highest BCUT2D eigenvalue weighted by Crippen LogP contribution is 2.21. The highest BCUT2D eigenvalue weighted by Gasteiger charge is 2.22. The molecule has 22 heavy (non-hydrogen) atoms. The molecule has 118 valence electrons. The van der Waals surface area contributed by atoms with Crippen LogP contribution in [0.5, 0.6) is 0 Å². The van der Waals surface area contributed by atoms with Crippen molar-refractivity contribution in [3.63, 3.8) is 0 Å². The minimum atomic E-state index is -0.389. The van der Waals surface area contributed by atoms with Crippen LogP contribution in [0.2, 0.25) is 0 Å². The third kappa shape index (κ3) is 3.48. The first-order valence-electron chi connectivity index (χ1n) is 7.76. The monoisotopic (exact) mass is 303 g/mol. The second-order valence-corrected chi connectivity index (χ2v) is 5.71. The minimum Gasteiger partial charge on any atom is -0.451 e. The molecule has 1 aromatic carbocycles. The van der Waals surface area contributed by atoms with Gasteiger partial charge in [-0.2, -0.15) is 0 Å². The smallest absolute Gasteiger partial charge is 0.287 e. The van der Waals surface area contributed by atoms with Gasteiger partial charge in [0.25, 0.3) is 5.91 Å². The number of carbonyl (C=O) groups excluding carboxylic acids is 1. The molecule has 2 aromatic rings. The summed E-state index contributed by atoms with van der Waals surface area (Å²) in [5.41, 5.74) is 0.704. The maximum atomic E-state index is 12.1. The number of carbonyl (C=O) groups is 1. The van der Waals surface area contributed by atoms with Crippen LogP contribution in [0, 0.1) is 5.92 Å². The first-order chi connectivity index (χ1) is 10.7. The summed E-state index contributed by atoms with van der Waals surface area (Å²) >= 11 is 0. The van der Waals surface area contributed by atoms with Crippen LogP contribution in [0.25, 0.3) is 11.0 Å². The largest absolute Gasteiger partial charge is 0.451 e. The number of aliphatic hydroxyl groups is 1. The molecule has 1 aliphatic heterocycles. The Hall–Kier alpha value is -1.85. The molecule has 5 nitrogen and oxygen atoms in total. The average molecular weight is 303 g/mol. The SMILES string of the molecule is O=C(NCC[C@@H](O)C1CCOCC1)c1cc2ccccc2o1. The summed E-state index contributed by atoms with van der Waals surface area (Å²) in [6, 6.07) is 9.26. The molecule has 0 unspecified atom stereocenters. The molecular formula is C17H21NO4. The zero-order valence-electron chi connectivity index (χ0n) is 12.5. The van der Waals surface area contributed by atoms with Crippen LogP contribution in [0.4, 0.5) is 0 Å². The minimum absolute atomic E-state index is 0.240. The van der Waals surface area contributed by atoms with Crippen LogP contribution in [-0.2, 0) is 4.74 Å². The summed E-state index contributed by atoms with van der Waals surface area (Å²) in [4.78, 5) is 12.1. The normalized spacial score (nSPS) is 17.5. The number of benzene rings is 1. The molecule has 0 aliphatic carbocycles. The number of fused-ring (bicyclic) bond motifs is 1. The molecule has 0 radical (unpaired) electrons. The summed E-state index contributed by atoms with van der Waals surface area (Å²) in [5.74, 6) is 0.342. The number of para-hydroxylation sites is 1. The Labute approximate surface area is 129 Å². The second kappa shape index (κ2) is 6.94. The predicted octanol–water partition coefficient (Wildman–Crippen LogP) is 2.34. The molecule has 2 N–H and O–H groups in total. The molecule has 1 aromatic heterocycles. The highest BCUT2D eigenvalue weighted by atomic mass is 16.5. The first-order valence-corrected chi connectivity index (χ1v) is 7.76. The fourth-order valence-electron chi connectivity index (χ4n) is 2.85. The van der Waals surface area contributed by atoms with E-state index >= 15 is 0 Å². The molecule has 1 saturated heterocycles. The van der Waals surface area contributed by atoms with Crippen LogP contribution in [0.1, 0.15) is 29.8 Å². The summed E-state index contributed by atoms with van der Waals surface area (Å²) in [6.45, 7) is 1.87. The van der Waals surface area contributed by atoms with E-state index in [9.17, 15) is 9.90 Å². The Kier molecular flexibility index (Phi) is 4.75. The van der Waals surface area contributed by atoms with Crippen LogP contribution >= 0.6 is 0 Å². The molecule has 1 aliphatic rings. The van der Waals surface area contributed by atoms with E-state index in [1.807, 2.05) is 24.3 Å². The molecule has 0 bridgehead atoms. The van der Waals surface area contributed by atoms with Gasteiger partial charge >= 0.3 is 0 Å². The number of aliphatic hydroxyl groups excluding tert-OH is 1. The van der Waals surface area contributed by atoms with Crippen LogP contribution < -0.4 is 5.32 Å².